The second-order valence-corrected chi connectivity index (χ2v) is 10.4. The van der Waals surface area contributed by atoms with E-state index in [9.17, 15) is 18.3 Å². The largest absolute Gasteiger partial charge is 0.478 e. The molecule has 3 aromatic rings. The van der Waals surface area contributed by atoms with Crippen LogP contribution >= 0.6 is 0 Å². The highest BCUT2D eigenvalue weighted by molar-refractivity contribution is 7.90. The Hall–Kier alpha value is -3.65. The monoisotopic (exact) mass is 476 g/mol. The SMILES string of the molecule is O=C(O)c1ccc(C2CC2)c(S(=O)(=O)Cc2cc(C3=CC=NC3)c(F)cc2-c2ccccn2)c1. The normalized spacial score (nSPS) is 15.4. The maximum absolute atomic E-state index is 15.1. The first-order chi connectivity index (χ1) is 16.3. The maximum Gasteiger partial charge on any atom is 0.335 e. The number of carboxylic acid groups (broad SMARTS) is 1. The van der Waals surface area contributed by atoms with Crippen molar-refractivity contribution in [3.8, 4) is 11.3 Å². The van der Waals surface area contributed by atoms with Crippen molar-refractivity contribution in [2.75, 3.05) is 6.54 Å². The summed E-state index contributed by atoms with van der Waals surface area (Å²) in [6.45, 7) is 0.318. The quantitative estimate of drug-likeness (QED) is 0.523. The standard InChI is InChI=1S/C26H21FN2O4S/c27-23-13-22(24-3-1-2-9-29-24)19(11-21(23)18-8-10-28-14-18)15-34(32,33)25-12-17(26(30)31)6-7-20(25)16-4-5-16/h1-3,6-13,16H,4-5,14-15H2,(H,30,31). The van der Waals surface area contributed by atoms with E-state index in [0.29, 0.717) is 40.1 Å². The van der Waals surface area contributed by atoms with Crippen molar-refractivity contribution in [3.05, 3.63) is 88.9 Å². The minimum absolute atomic E-state index is 0.0242. The number of aromatic nitrogens is 1. The number of hydrogen-bond acceptors (Lipinski definition) is 5. The Balaban J connectivity index is 1.64. The molecule has 1 aromatic heterocycles. The van der Waals surface area contributed by atoms with Crippen LogP contribution in [0.3, 0.4) is 0 Å². The second-order valence-electron chi connectivity index (χ2n) is 8.48. The van der Waals surface area contributed by atoms with Crippen molar-refractivity contribution in [1.29, 1.82) is 0 Å². The zero-order valence-electron chi connectivity index (χ0n) is 18.1. The van der Waals surface area contributed by atoms with E-state index in [0.717, 1.165) is 12.8 Å². The van der Waals surface area contributed by atoms with Gasteiger partial charge in [-0.15, -0.1) is 0 Å². The molecule has 2 aliphatic rings. The van der Waals surface area contributed by atoms with Crippen molar-refractivity contribution in [3.63, 3.8) is 0 Å². The molecule has 0 spiro atoms. The summed E-state index contributed by atoms with van der Waals surface area (Å²) in [5.74, 6) is -1.98. The van der Waals surface area contributed by atoms with Crippen molar-refractivity contribution < 1.29 is 22.7 Å². The fourth-order valence-electron chi connectivity index (χ4n) is 4.22. The van der Waals surface area contributed by atoms with E-state index in [4.69, 9.17) is 0 Å². The number of halogens is 1. The predicted octanol–water partition coefficient (Wildman–Crippen LogP) is 4.91. The maximum atomic E-state index is 15.1. The summed E-state index contributed by atoms with van der Waals surface area (Å²) in [4.78, 5) is 20.0. The van der Waals surface area contributed by atoms with Crippen LogP contribution in [-0.2, 0) is 15.6 Å². The van der Waals surface area contributed by atoms with E-state index in [1.54, 1.807) is 48.8 Å². The van der Waals surface area contributed by atoms with Gasteiger partial charge >= 0.3 is 5.97 Å². The summed E-state index contributed by atoms with van der Waals surface area (Å²) in [6.07, 6.45) is 6.59. The number of nitrogens with zero attached hydrogens (tertiary/aromatic N) is 2. The molecule has 1 fully saturated rings. The molecular weight excluding hydrogens is 455 g/mol. The van der Waals surface area contributed by atoms with Gasteiger partial charge < -0.3 is 5.11 Å². The molecule has 172 valence electrons. The third-order valence-electron chi connectivity index (χ3n) is 6.08. The molecule has 0 bridgehead atoms. The van der Waals surface area contributed by atoms with Crippen molar-refractivity contribution >= 4 is 27.6 Å². The highest BCUT2D eigenvalue weighted by Gasteiger charge is 2.32. The van der Waals surface area contributed by atoms with E-state index in [1.165, 1.54) is 18.2 Å². The number of hydrogen-bond donors (Lipinski definition) is 1. The van der Waals surface area contributed by atoms with Gasteiger partial charge in [-0.3, -0.25) is 9.98 Å². The summed E-state index contributed by atoms with van der Waals surface area (Å²) in [5, 5.41) is 9.43. The Labute approximate surface area is 196 Å². The van der Waals surface area contributed by atoms with Gasteiger partial charge in [-0.05, 0) is 77.9 Å². The van der Waals surface area contributed by atoms with Crippen LogP contribution in [0.2, 0.25) is 0 Å². The van der Waals surface area contributed by atoms with Gasteiger partial charge in [0.15, 0.2) is 9.84 Å². The number of carbonyl (C=O) groups is 1. The Morgan fingerprint density at radius 1 is 1.09 bits per heavy atom. The lowest BCUT2D eigenvalue weighted by Crippen LogP contribution is -2.11. The Morgan fingerprint density at radius 2 is 1.91 bits per heavy atom. The molecule has 6 nitrogen and oxygen atoms in total. The van der Waals surface area contributed by atoms with Gasteiger partial charge in [0.25, 0.3) is 0 Å². The Bertz CT molecular complexity index is 1460. The molecule has 1 N–H and O–H groups in total. The number of rotatable bonds is 7. The third-order valence-corrected chi connectivity index (χ3v) is 7.80. The number of aromatic carboxylic acids is 1. The summed E-state index contributed by atoms with van der Waals surface area (Å²) in [6, 6.07) is 12.3. The van der Waals surface area contributed by atoms with Crippen LogP contribution in [0.1, 0.15) is 45.8 Å². The fourth-order valence-corrected chi connectivity index (χ4v) is 5.92. The molecule has 34 heavy (non-hydrogen) atoms. The average molecular weight is 477 g/mol. The molecular formula is C26H21FN2O4S. The first-order valence-corrected chi connectivity index (χ1v) is 12.5. The van der Waals surface area contributed by atoms with Crippen LogP contribution < -0.4 is 0 Å². The van der Waals surface area contributed by atoms with Crippen LogP contribution in [0.25, 0.3) is 16.8 Å². The lowest BCUT2D eigenvalue weighted by Gasteiger charge is -2.16. The smallest absolute Gasteiger partial charge is 0.335 e. The number of pyridine rings is 1. The zero-order chi connectivity index (χ0) is 23.9. The molecule has 1 saturated carbocycles. The first kappa shape index (κ1) is 22.2. The Morgan fingerprint density at radius 3 is 2.56 bits per heavy atom. The molecule has 0 radical (unpaired) electrons. The Kier molecular flexibility index (Phi) is 5.61. The van der Waals surface area contributed by atoms with Gasteiger partial charge in [0, 0.05) is 23.5 Å². The second kappa shape index (κ2) is 8.61. The molecule has 0 saturated heterocycles. The van der Waals surface area contributed by atoms with Crippen molar-refractivity contribution in [2.24, 2.45) is 4.99 Å². The molecule has 0 unspecified atom stereocenters. The number of benzene rings is 2. The van der Waals surface area contributed by atoms with Crippen LogP contribution in [0.5, 0.6) is 0 Å². The fraction of sp³-hybridized carbons (Fsp3) is 0.192. The van der Waals surface area contributed by atoms with Crippen molar-refractivity contribution in [2.45, 2.75) is 29.4 Å². The van der Waals surface area contributed by atoms with Gasteiger partial charge in [0.1, 0.15) is 5.82 Å². The predicted molar refractivity (Wildman–Crippen MR) is 127 cm³/mol. The molecule has 0 amide bonds. The van der Waals surface area contributed by atoms with Crippen LogP contribution in [0.15, 0.2) is 70.7 Å². The molecule has 1 aliphatic carbocycles. The van der Waals surface area contributed by atoms with E-state index >= 15 is 4.39 Å². The first-order valence-electron chi connectivity index (χ1n) is 10.9. The van der Waals surface area contributed by atoms with E-state index in [-0.39, 0.29) is 16.4 Å². The minimum Gasteiger partial charge on any atom is -0.478 e. The van der Waals surface area contributed by atoms with Gasteiger partial charge in [-0.1, -0.05) is 12.1 Å². The topological polar surface area (TPSA) is 96.7 Å². The van der Waals surface area contributed by atoms with Crippen LogP contribution in [-0.4, -0.2) is 37.2 Å². The molecule has 2 aromatic carbocycles. The van der Waals surface area contributed by atoms with Crippen LogP contribution in [0.4, 0.5) is 4.39 Å². The molecule has 8 heteroatoms. The van der Waals surface area contributed by atoms with E-state index in [2.05, 4.69) is 9.98 Å². The number of allylic oxidation sites excluding steroid dienone is 1. The summed E-state index contributed by atoms with van der Waals surface area (Å²) in [5.41, 5.74) is 2.74. The van der Waals surface area contributed by atoms with Gasteiger partial charge in [-0.25, -0.2) is 17.6 Å². The summed E-state index contributed by atoms with van der Waals surface area (Å²) in [7, 11) is -3.95. The van der Waals surface area contributed by atoms with Gasteiger partial charge in [0.05, 0.1) is 28.5 Å². The summed E-state index contributed by atoms with van der Waals surface area (Å²) >= 11 is 0. The minimum atomic E-state index is -3.95. The zero-order valence-corrected chi connectivity index (χ0v) is 18.9. The number of sulfone groups is 1. The molecule has 0 atom stereocenters. The number of aliphatic imine (C=N–C) groups is 1. The van der Waals surface area contributed by atoms with E-state index in [1.807, 2.05) is 0 Å². The molecule has 1 aliphatic heterocycles. The van der Waals surface area contributed by atoms with Gasteiger partial charge in [-0.2, -0.15) is 0 Å². The summed E-state index contributed by atoms with van der Waals surface area (Å²) < 4.78 is 42.5. The average Bonchev–Trinajstić information content (AvgIpc) is 3.53. The van der Waals surface area contributed by atoms with Crippen molar-refractivity contribution in [1.82, 2.24) is 4.98 Å². The highest BCUT2D eigenvalue weighted by atomic mass is 32.2. The third kappa shape index (κ3) is 4.28. The van der Waals surface area contributed by atoms with Gasteiger partial charge in [0.2, 0.25) is 0 Å². The lowest BCUT2D eigenvalue weighted by atomic mass is 9.97. The molecule has 5 rings (SSSR count). The number of carboxylic acids is 1. The lowest BCUT2D eigenvalue weighted by molar-refractivity contribution is 0.0696. The molecule has 2 heterocycles. The van der Waals surface area contributed by atoms with Crippen LogP contribution in [0, 0.1) is 5.82 Å². The van der Waals surface area contributed by atoms with E-state index < -0.39 is 27.4 Å². The highest BCUT2D eigenvalue weighted by Crippen LogP contribution is 2.44.